The number of nitrogens with zero attached hydrogens (tertiary/aromatic N) is 4. The first-order valence-corrected chi connectivity index (χ1v) is 7.29. The van der Waals surface area contributed by atoms with Crippen LogP contribution in [0.25, 0.3) is 32.8 Å². The smallest absolute Gasteiger partial charge is 0.280 e. The van der Waals surface area contributed by atoms with Gasteiger partial charge in [0.25, 0.3) is 11.1 Å². The minimum absolute atomic E-state index is 0.261. The van der Waals surface area contributed by atoms with Gasteiger partial charge in [0.1, 0.15) is 11.0 Å². The fraction of sp³-hybridized carbons (Fsp3) is 0.0588. The van der Waals surface area contributed by atoms with E-state index in [0.717, 1.165) is 10.8 Å². The molecule has 7 nitrogen and oxygen atoms in total. The molecule has 0 fully saturated rings. The highest BCUT2D eigenvalue weighted by molar-refractivity contribution is 5.90. The predicted molar refractivity (Wildman–Crippen MR) is 89.2 cm³/mol. The van der Waals surface area contributed by atoms with Crippen LogP contribution in [0.2, 0.25) is 0 Å². The molecule has 116 valence electrons. The molecule has 0 saturated heterocycles. The summed E-state index contributed by atoms with van der Waals surface area (Å²) in [5.41, 5.74) is 1.31. The summed E-state index contributed by atoms with van der Waals surface area (Å²) in [6.07, 6.45) is 4.77. The summed E-state index contributed by atoms with van der Waals surface area (Å²) >= 11 is 0. The second-order valence-corrected chi connectivity index (χ2v) is 5.56. The van der Waals surface area contributed by atoms with Crippen molar-refractivity contribution in [3.63, 3.8) is 0 Å². The van der Waals surface area contributed by atoms with Crippen LogP contribution >= 0.6 is 0 Å². The minimum atomic E-state index is -0.261. The van der Waals surface area contributed by atoms with Crippen LogP contribution in [0.1, 0.15) is 0 Å². The lowest BCUT2D eigenvalue weighted by molar-refractivity contribution is 0.398. The third-order valence-electron chi connectivity index (χ3n) is 4.32. The lowest BCUT2D eigenvalue weighted by atomic mass is 10.3. The Morgan fingerprint density at radius 1 is 0.875 bits per heavy atom. The Morgan fingerprint density at radius 2 is 1.54 bits per heavy atom. The van der Waals surface area contributed by atoms with Crippen LogP contribution in [0.3, 0.4) is 0 Å². The first-order chi connectivity index (χ1) is 11.7. The Bertz CT molecular complexity index is 1380. The summed E-state index contributed by atoms with van der Waals surface area (Å²) in [5.74, 6) is 0.430. The van der Waals surface area contributed by atoms with E-state index < -0.39 is 0 Å². The van der Waals surface area contributed by atoms with E-state index in [1.54, 1.807) is 42.9 Å². The number of hydrogen-bond donors (Lipinski definition) is 0. The first-order valence-electron chi connectivity index (χ1n) is 7.29. The van der Waals surface area contributed by atoms with Gasteiger partial charge in [-0.05, 0) is 18.2 Å². The van der Waals surface area contributed by atoms with Gasteiger partial charge in [0.2, 0.25) is 5.88 Å². The number of fused-ring (bicyclic) bond motifs is 6. The zero-order valence-electron chi connectivity index (χ0n) is 12.6. The topological polar surface area (TPSA) is 78.0 Å². The Hall–Kier alpha value is -3.48. The predicted octanol–water partition coefficient (Wildman–Crippen LogP) is 1.46. The Balaban J connectivity index is 2.09. The molecule has 7 heteroatoms. The van der Waals surface area contributed by atoms with Crippen LogP contribution in [0.15, 0.2) is 52.4 Å². The number of hydrogen-bond acceptors (Lipinski definition) is 5. The molecule has 24 heavy (non-hydrogen) atoms. The van der Waals surface area contributed by atoms with Gasteiger partial charge in [0, 0.05) is 23.0 Å². The summed E-state index contributed by atoms with van der Waals surface area (Å²) in [6.45, 7) is 0. The molecule has 0 saturated carbocycles. The third kappa shape index (κ3) is 1.45. The van der Waals surface area contributed by atoms with Gasteiger partial charge in [-0.2, -0.15) is 0 Å². The lowest BCUT2D eigenvalue weighted by Gasteiger charge is -2.00. The fourth-order valence-corrected chi connectivity index (χ4v) is 3.23. The number of methoxy groups -OCH3 is 1. The normalized spacial score (nSPS) is 11.9. The summed E-state index contributed by atoms with van der Waals surface area (Å²) in [4.78, 5) is 34.1. The van der Waals surface area contributed by atoms with Crippen LogP contribution in [0.4, 0.5) is 0 Å². The Kier molecular flexibility index (Phi) is 2.32. The maximum atomic E-state index is 13.0. The highest BCUT2D eigenvalue weighted by Crippen LogP contribution is 2.22. The standard InChI is InChI=1S/C17H10N4O3/c1-24-15-6-10-5-12-17(23)20-11(4-9-2-3-18-7-13(9)20)16(22)21(12)14(10)8-19-15/h2-8H,1H3. The van der Waals surface area contributed by atoms with Crippen molar-refractivity contribution >= 4 is 32.8 Å². The van der Waals surface area contributed by atoms with Gasteiger partial charge in [-0.1, -0.05) is 0 Å². The molecule has 5 aromatic heterocycles. The maximum absolute atomic E-state index is 13.0. The van der Waals surface area contributed by atoms with Crippen molar-refractivity contribution < 1.29 is 4.74 Å². The Labute approximate surface area is 133 Å². The average Bonchev–Trinajstić information content (AvgIpc) is 3.18. The van der Waals surface area contributed by atoms with E-state index in [2.05, 4.69) is 9.97 Å². The molecule has 5 aromatic rings. The highest BCUT2D eigenvalue weighted by atomic mass is 16.5. The summed E-state index contributed by atoms with van der Waals surface area (Å²) in [6, 6.07) is 6.88. The molecule has 0 unspecified atom stereocenters. The van der Waals surface area contributed by atoms with Crippen LogP contribution in [0.5, 0.6) is 5.88 Å². The number of rotatable bonds is 1. The first kappa shape index (κ1) is 13.0. The van der Waals surface area contributed by atoms with Crippen LogP contribution < -0.4 is 15.9 Å². The molecular weight excluding hydrogens is 308 g/mol. The van der Waals surface area contributed by atoms with Crippen LogP contribution in [-0.4, -0.2) is 25.9 Å². The van der Waals surface area contributed by atoms with E-state index in [0.29, 0.717) is 27.9 Å². The molecule has 0 aromatic carbocycles. The fourth-order valence-electron chi connectivity index (χ4n) is 3.23. The average molecular weight is 318 g/mol. The molecular formula is C17H10N4O3. The molecule has 0 N–H and O–H groups in total. The van der Waals surface area contributed by atoms with Crippen LogP contribution in [-0.2, 0) is 0 Å². The number of ether oxygens (including phenoxy) is 1. The van der Waals surface area contributed by atoms with Crippen molar-refractivity contribution in [2.24, 2.45) is 0 Å². The quantitative estimate of drug-likeness (QED) is 0.467. The van der Waals surface area contributed by atoms with Gasteiger partial charge >= 0.3 is 0 Å². The monoisotopic (exact) mass is 318 g/mol. The van der Waals surface area contributed by atoms with Gasteiger partial charge in [-0.15, -0.1) is 0 Å². The molecule has 0 radical (unpaired) electrons. The molecule has 0 amide bonds. The zero-order chi connectivity index (χ0) is 16.4. The van der Waals surface area contributed by atoms with Crippen molar-refractivity contribution in [1.29, 1.82) is 0 Å². The summed E-state index contributed by atoms with van der Waals surface area (Å²) in [7, 11) is 1.52. The molecule has 0 aliphatic carbocycles. The molecule has 5 rings (SSSR count). The van der Waals surface area contributed by atoms with Crippen molar-refractivity contribution in [3.8, 4) is 5.88 Å². The van der Waals surface area contributed by atoms with E-state index in [9.17, 15) is 9.59 Å². The third-order valence-corrected chi connectivity index (χ3v) is 4.32. The largest absolute Gasteiger partial charge is 0.481 e. The second kappa shape index (κ2) is 4.29. The van der Waals surface area contributed by atoms with Gasteiger partial charge in [0.15, 0.2) is 0 Å². The van der Waals surface area contributed by atoms with Crippen LogP contribution in [0, 0.1) is 0 Å². The van der Waals surface area contributed by atoms with Crippen molar-refractivity contribution in [2.45, 2.75) is 0 Å². The molecule has 0 spiro atoms. The van der Waals surface area contributed by atoms with E-state index in [-0.39, 0.29) is 11.1 Å². The lowest BCUT2D eigenvalue weighted by Crippen LogP contribution is -2.25. The minimum Gasteiger partial charge on any atom is -0.481 e. The Morgan fingerprint density at radius 3 is 2.25 bits per heavy atom. The summed E-state index contributed by atoms with van der Waals surface area (Å²) in [5, 5.41) is 1.53. The van der Waals surface area contributed by atoms with E-state index in [1.807, 2.05) is 0 Å². The van der Waals surface area contributed by atoms with E-state index >= 15 is 0 Å². The molecule has 0 atom stereocenters. The molecule has 0 aliphatic rings. The SMILES string of the molecule is COc1cc2cc3c(=O)n4c(cc5ccncc54)c(=O)n3c2cn1. The van der Waals surface area contributed by atoms with Gasteiger partial charge in [-0.3, -0.25) is 23.4 Å². The molecule has 0 aliphatic heterocycles. The highest BCUT2D eigenvalue weighted by Gasteiger charge is 2.17. The van der Waals surface area contributed by atoms with E-state index in [4.69, 9.17) is 4.74 Å². The number of pyridine rings is 2. The maximum Gasteiger partial charge on any atom is 0.280 e. The van der Waals surface area contributed by atoms with Gasteiger partial charge < -0.3 is 4.74 Å². The number of aromatic nitrogens is 4. The van der Waals surface area contributed by atoms with Gasteiger partial charge in [-0.25, -0.2) is 4.98 Å². The summed E-state index contributed by atoms with van der Waals surface area (Å²) < 4.78 is 7.94. The van der Waals surface area contributed by atoms with Crippen molar-refractivity contribution in [3.05, 3.63) is 63.6 Å². The van der Waals surface area contributed by atoms with E-state index in [1.165, 1.54) is 15.9 Å². The van der Waals surface area contributed by atoms with Crippen molar-refractivity contribution in [2.75, 3.05) is 7.11 Å². The zero-order valence-corrected chi connectivity index (χ0v) is 12.6. The molecule has 0 bridgehead atoms. The van der Waals surface area contributed by atoms with Crippen molar-refractivity contribution in [1.82, 2.24) is 18.8 Å². The van der Waals surface area contributed by atoms with Gasteiger partial charge in [0.05, 0.1) is 30.5 Å². The second-order valence-electron chi connectivity index (χ2n) is 5.56. The molecule has 5 heterocycles.